The summed E-state index contributed by atoms with van der Waals surface area (Å²) in [6.07, 6.45) is 16.2. The van der Waals surface area contributed by atoms with Gasteiger partial charge in [-0.15, -0.1) is 11.3 Å². The minimum atomic E-state index is -0.636. The Kier molecular flexibility index (Phi) is 7.23. The third-order valence-corrected chi connectivity index (χ3v) is 11.1. The fourth-order valence-electron chi connectivity index (χ4n) is 7.56. The molecule has 4 aliphatic carbocycles. The monoisotopic (exact) mass is 509 g/mol. The highest BCUT2D eigenvalue weighted by molar-refractivity contribution is 7.09. The van der Waals surface area contributed by atoms with Gasteiger partial charge >= 0.3 is 0 Å². The van der Waals surface area contributed by atoms with Gasteiger partial charge in [0.2, 0.25) is 0 Å². The number of aliphatic hydroxyl groups is 3. The van der Waals surface area contributed by atoms with E-state index in [1.165, 1.54) is 31.3 Å². The molecule has 0 radical (unpaired) electrons. The van der Waals surface area contributed by atoms with Crippen LogP contribution in [0, 0.1) is 30.1 Å². The molecule has 36 heavy (non-hydrogen) atoms. The summed E-state index contributed by atoms with van der Waals surface area (Å²) in [6.45, 7) is 10.9. The molecule has 0 saturated heterocycles. The van der Waals surface area contributed by atoms with Crippen LogP contribution in [0.15, 0.2) is 53.0 Å². The Hall–Kier alpha value is -1.53. The zero-order valence-corrected chi connectivity index (χ0v) is 22.9. The molecule has 4 saturated carbocycles. The highest BCUT2D eigenvalue weighted by Gasteiger charge is 2.53. The Balaban J connectivity index is 1.29. The van der Waals surface area contributed by atoms with Crippen LogP contribution in [0.2, 0.25) is 0 Å². The van der Waals surface area contributed by atoms with Gasteiger partial charge < -0.3 is 15.3 Å². The number of hydrogen-bond acceptors (Lipinski definition) is 5. The van der Waals surface area contributed by atoms with Gasteiger partial charge in [-0.05, 0) is 92.6 Å². The molecule has 1 heterocycles. The Bertz CT molecular complexity index is 1080. The Labute approximate surface area is 220 Å². The Morgan fingerprint density at radius 2 is 1.94 bits per heavy atom. The SMILES string of the molecule is C=C1C(=CC=C2CCC[C@]3(C)[C@@H]([C@@H](C)C=C[C@H](O)C4(c5nc(C)cs5)CC4)CC[C@@H]23)C[C@@H](O)C[C@@H]1O. The van der Waals surface area contributed by atoms with Crippen LogP contribution in [-0.4, -0.2) is 38.6 Å². The topological polar surface area (TPSA) is 73.6 Å². The fourth-order valence-corrected chi connectivity index (χ4v) is 8.65. The lowest BCUT2D eigenvalue weighted by Gasteiger charge is -2.44. The van der Waals surface area contributed by atoms with Gasteiger partial charge in [0, 0.05) is 17.5 Å². The number of aryl methyl sites for hydroxylation is 1. The van der Waals surface area contributed by atoms with Gasteiger partial charge in [-0.1, -0.05) is 50.3 Å². The lowest BCUT2D eigenvalue weighted by molar-refractivity contribution is 0.0862. The van der Waals surface area contributed by atoms with Crippen molar-refractivity contribution < 1.29 is 15.3 Å². The fraction of sp³-hybridized carbons (Fsp3) is 0.645. The van der Waals surface area contributed by atoms with E-state index in [0.717, 1.165) is 41.1 Å². The minimum Gasteiger partial charge on any atom is -0.393 e. The first-order valence-corrected chi connectivity index (χ1v) is 14.8. The van der Waals surface area contributed by atoms with Gasteiger partial charge in [0.05, 0.1) is 23.7 Å². The first kappa shape index (κ1) is 26.1. The number of nitrogens with zero attached hydrogens (tertiary/aromatic N) is 1. The van der Waals surface area contributed by atoms with Crippen molar-refractivity contribution in [2.45, 2.75) is 102 Å². The van der Waals surface area contributed by atoms with Crippen LogP contribution in [0.4, 0.5) is 0 Å². The van der Waals surface area contributed by atoms with Gasteiger partial charge in [-0.25, -0.2) is 4.98 Å². The number of hydrogen-bond donors (Lipinski definition) is 3. The highest BCUT2D eigenvalue weighted by Crippen LogP contribution is 2.60. The van der Waals surface area contributed by atoms with Crippen LogP contribution in [0.3, 0.4) is 0 Å². The van der Waals surface area contributed by atoms with Gasteiger partial charge in [0.15, 0.2) is 0 Å². The summed E-state index contributed by atoms with van der Waals surface area (Å²) in [5.74, 6) is 1.60. The average molecular weight is 510 g/mol. The summed E-state index contributed by atoms with van der Waals surface area (Å²) in [6, 6.07) is 0. The van der Waals surface area contributed by atoms with Crippen molar-refractivity contribution in [2.24, 2.45) is 23.2 Å². The Morgan fingerprint density at radius 3 is 2.64 bits per heavy atom. The van der Waals surface area contributed by atoms with Crippen LogP contribution < -0.4 is 0 Å². The molecule has 5 rings (SSSR count). The molecule has 5 heteroatoms. The van der Waals surface area contributed by atoms with Gasteiger partial charge in [-0.2, -0.15) is 0 Å². The maximum Gasteiger partial charge on any atom is 0.102 e. The number of allylic oxidation sites excluding steroid dienone is 4. The minimum absolute atomic E-state index is 0.157. The van der Waals surface area contributed by atoms with E-state index in [9.17, 15) is 15.3 Å². The number of rotatable bonds is 6. The molecule has 7 atom stereocenters. The molecule has 196 valence electrons. The van der Waals surface area contributed by atoms with E-state index in [1.807, 2.05) is 6.92 Å². The number of aliphatic hydroxyl groups excluding tert-OH is 3. The number of thiazole rings is 1. The predicted molar refractivity (Wildman–Crippen MR) is 147 cm³/mol. The van der Waals surface area contributed by atoms with Gasteiger partial charge in [-0.3, -0.25) is 0 Å². The molecular weight excluding hydrogens is 466 g/mol. The summed E-state index contributed by atoms with van der Waals surface area (Å²) in [4.78, 5) is 4.69. The van der Waals surface area contributed by atoms with E-state index in [4.69, 9.17) is 0 Å². The van der Waals surface area contributed by atoms with Crippen LogP contribution in [0.1, 0.15) is 82.3 Å². The summed E-state index contributed by atoms with van der Waals surface area (Å²) in [7, 11) is 0. The summed E-state index contributed by atoms with van der Waals surface area (Å²) < 4.78 is 0. The van der Waals surface area contributed by atoms with Crippen molar-refractivity contribution in [2.75, 3.05) is 0 Å². The molecule has 4 aliphatic rings. The van der Waals surface area contributed by atoms with Crippen molar-refractivity contribution in [1.82, 2.24) is 4.98 Å². The second kappa shape index (κ2) is 9.98. The molecule has 1 aromatic heterocycles. The molecule has 0 bridgehead atoms. The van der Waals surface area contributed by atoms with E-state index >= 15 is 0 Å². The van der Waals surface area contributed by atoms with E-state index < -0.39 is 18.3 Å². The third-order valence-electron chi connectivity index (χ3n) is 9.93. The maximum absolute atomic E-state index is 11.1. The molecule has 0 spiro atoms. The molecule has 4 fully saturated rings. The first-order chi connectivity index (χ1) is 17.1. The van der Waals surface area contributed by atoms with Crippen LogP contribution in [0.25, 0.3) is 0 Å². The predicted octanol–water partition coefficient (Wildman–Crippen LogP) is 6.18. The summed E-state index contributed by atoms with van der Waals surface area (Å²) >= 11 is 1.69. The second-order valence-corrected chi connectivity index (χ2v) is 13.2. The zero-order chi connectivity index (χ0) is 25.7. The van der Waals surface area contributed by atoms with E-state index in [0.29, 0.717) is 30.6 Å². The van der Waals surface area contributed by atoms with Crippen molar-refractivity contribution >= 4 is 11.3 Å². The smallest absolute Gasteiger partial charge is 0.102 e. The quantitative estimate of drug-likeness (QED) is 0.401. The van der Waals surface area contributed by atoms with Crippen LogP contribution in [-0.2, 0) is 5.41 Å². The van der Waals surface area contributed by atoms with Crippen molar-refractivity contribution in [3.8, 4) is 0 Å². The average Bonchev–Trinajstić information content (AvgIpc) is 3.41. The lowest BCUT2D eigenvalue weighted by atomic mass is 9.61. The third kappa shape index (κ3) is 4.73. The second-order valence-electron chi connectivity index (χ2n) is 12.3. The maximum atomic E-state index is 11.1. The lowest BCUT2D eigenvalue weighted by Crippen LogP contribution is -2.35. The molecule has 4 nitrogen and oxygen atoms in total. The molecule has 3 N–H and O–H groups in total. The van der Waals surface area contributed by atoms with E-state index in [2.05, 4.69) is 55.1 Å². The molecular formula is C31H43NO3S. The van der Waals surface area contributed by atoms with Gasteiger partial charge in [0.25, 0.3) is 0 Å². The van der Waals surface area contributed by atoms with Crippen molar-refractivity contribution in [1.29, 1.82) is 0 Å². The molecule has 0 unspecified atom stereocenters. The number of aromatic nitrogens is 1. The Morgan fingerprint density at radius 1 is 1.17 bits per heavy atom. The van der Waals surface area contributed by atoms with E-state index in [-0.39, 0.29) is 10.8 Å². The molecule has 0 aliphatic heterocycles. The molecule has 0 amide bonds. The van der Waals surface area contributed by atoms with Crippen molar-refractivity contribution in [3.63, 3.8) is 0 Å². The normalized spacial score (nSPS) is 38.0. The summed E-state index contributed by atoms with van der Waals surface area (Å²) in [5, 5.41) is 34.6. The van der Waals surface area contributed by atoms with Crippen molar-refractivity contribution in [3.05, 3.63) is 63.7 Å². The zero-order valence-electron chi connectivity index (χ0n) is 22.1. The van der Waals surface area contributed by atoms with Gasteiger partial charge in [0.1, 0.15) is 5.01 Å². The molecule has 1 aromatic rings. The highest BCUT2D eigenvalue weighted by atomic mass is 32.1. The standard InChI is InChI=1S/C31H43NO3S/c1-19(7-12-28(35)31(14-15-31)29-32-20(2)18-36-29)25-10-11-26-22(6-5-13-30(25,26)4)8-9-23-16-24(33)17-27(34)21(23)3/h7-9,12,18-19,24-28,33-35H,3,5-6,10-11,13-17H2,1-2,4H3/t19-,24+,25+,26-,27-,28-,30+/m0/s1. The largest absolute Gasteiger partial charge is 0.393 e. The summed E-state index contributed by atoms with van der Waals surface area (Å²) in [5.41, 5.74) is 4.43. The number of fused-ring (bicyclic) bond motifs is 1. The van der Waals surface area contributed by atoms with Crippen LogP contribution in [0.5, 0.6) is 0 Å². The first-order valence-electron chi connectivity index (χ1n) is 13.9. The van der Waals surface area contributed by atoms with E-state index in [1.54, 1.807) is 11.3 Å². The molecule has 0 aromatic carbocycles. The van der Waals surface area contributed by atoms with Crippen LogP contribution >= 0.6 is 11.3 Å².